The second kappa shape index (κ2) is 3.86. The summed E-state index contributed by atoms with van der Waals surface area (Å²) in [6.07, 6.45) is 4.56. The Bertz CT molecular complexity index is 563. The Morgan fingerprint density at radius 1 is 1.59 bits per heavy atom. The van der Waals surface area contributed by atoms with Crippen LogP contribution in [0.5, 0.6) is 0 Å². The molecule has 17 heavy (non-hydrogen) atoms. The number of rotatable bonds is 2. The Balaban J connectivity index is 1.90. The summed E-state index contributed by atoms with van der Waals surface area (Å²) in [6, 6.07) is 5.73. The molecule has 0 amide bonds. The van der Waals surface area contributed by atoms with Gasteiger partial charge in [-0.05, 0) is 17.5 Å². The highest BCUT2D eigenvalue weighted by Gasteiger charge is 2.34. The van der Waals surface area contributed by atoms with Crippen LogP contribution in [-0.2, 0) is 0 Å². The van der Waals surface area contributed by atoms with Crippen LogP contribution in [0.2, 0.25) is 0 Å². The number of nitrogens with zero attached hydrogens (tertiary/aromatic N) is 2. The minimum atomic E-state index is -0.213. The Morgan fingerprint density at radius 3 is 3.18 bits per heavy atom. The number of thiophene rings is 1. The first-order valence-corrected chi connectivity index (χ1v) is 6.35. The van der Waals surface area contributed by atoms with Crippen molar-refractivity contribution in [3.63, 3.8) is 0 Å². The summed E-state index contributed by atoms with van der Waals surface area (Å²) < 4.78 is 0. The van der Waals surface area contributed by atoms with E-state index in [4.69, 9.17) is 5.26 Å². The summed E-state index contributed by atoms with van der Waals surface area (Å²) in [6.45, 7) is 0.771. The lowest BCUT2D eigenvalue weighted by Gasteiger charge is -2.21. The number of carbonyl (C=O) groups excluding carboxylic acids is 1. The van der Waals surface area contributed by atoms with Crippen LogP contribution >= 0.6 is 11.3 Å². The van der Waals surface area contributed by atoms with E-state index in [-0.39, 0.29) is 11.8 Å². The SMILES string of the molecule is N#CC1=C2C=CC(C(=O)c3cccs3)N2CC1. The van der Waals surface area contributed by atoms with Crippen LogP contribution in [0, 0.1) is 11.3 Å². The molecule has 84 valence electrons. The van der Waals surface area contributed by atoms with Gasteiger partial charge in [-0.3, -0.25) is 4.79 Å². The summed E-state index contributed by atoms with van der Waals surface area (Å²) in [7, 11) is 0. The van der Waals surface area contributed by atoms with Crippen molar-refractivity contribution in [2.75, 3.05) is 6.54 Å². The van der Waals surface area contributed by atoms with Gasteiger partial charge in [0.2, 0.25) is 0 Å². The molecular formula is C13H10N2OS. The molecule has 0 aliphatic carbocycles. The molecule has 0 saturated heterocycles. The third-order valence-electron chi connectivity index (χ3n) is 3.16. The van der Waals surface area contributed by atoms with Gasteiger partial charge in [-0.1, -0.05) is 12.1 Å². The maximum absolute atomic E-state index is 12.3. The second-order valence-electron chi connectivity index (χ2n) is 4.06. The van der Waals surface area contributed by atoms with Gasteiger partial charge in [0, 0.05) is 13.0 Å². The van der Waals surface area contributed by atoms with Crippen LogP contribution in [0.15, 0.2) is 40.9 Å². The maximum Gasteiger partial charge on any atom is 0.199 e. The number of hydrogen-bond donors (Lipinski definition) is 0. The molecule has 0 saturated carbocycles. The molecule has 0 aromatic carbocycles. The zero-order valence-electron chi connectivity index (χ0n) is 9.09. The largest absolute Gasteiger partial charge is 0.356 e. The van der Waals surface area contributed by atoms with Gasteiger partial charge in [-0.15, -0.1) is 11.3 Å². The first-order valence-electron chi connectivity index (χ1n) is 5.47. The van der Waals surface area contributed by atoms with E-state index in [1.54, 1.807) is 0 Å². The van der Waals surface area contributed by atoms with Crippen molar-refractivity contribution < 1.29 is 4.79 Å². The first kappa shape index (κ1) is 10.3. The molecule has 3 heterocycles. The highest BCUT2D eigenvalue weighted by atomic mass is 32.1. The Labute approximate surface area is 103 Å². The lowest BCUT2D eigenvalue weighted by molar-refractivity contribution is 0.0920. The number of nitriles is 1. The molecule has 2 aliphatic heterocycles. The van der Waals surface area contributed by atoms with Crippen LogP contribution in [0.1, 0.15) is 16.1 Å². The summed E-state index contributed by atoms with van der Waals surface area (Å²) in [5, 5.41) is 10.9. The molecular weight excluding hydrogens is 232 g/mol. The first-order chi connectivity index (χ1) is 8.31. The van der Waals surface area contributed by atoms with Gasteiger partial charge in [0.1, 0.15) is 6.04 Å². The van der Waals surface area contributed by atoms with E-state index in [2.05, 4.69) is 6.07 Å². The van der Waals surface area contributed by atoms with E-state index < -0.39 is 0 Å². The van der Waals surface area contributed by atoms with Crippen LogP contribution < -0.4 is 0 Å². The number of allylic oxidation sites excluding steroid dienone is 1. The van der Waals surface area contributed by atoms with Gasteiger partial charge >= 0.3 is 0 Å². The zero-order chi connectivity index (χ0) is 11.8. The minimum Gasteiger partial charge on any atom is -0.356 e. The van der Waals surface area contributed by atoms with Crippen molar-refractivity contribution in [1.29, 1.82) is 5.26 Å². The van der Waals surface area contributed by atoms with E-state index >= 15 is 0 Å². The quantitative estimate of drug-likeness (QED) is 0.748. The molecule has 1 unspecified atom stereocenters. The van der Waals surface area contributed by atoms with E-state index in [1.165, 1.54) is 11.3 Å². The van der Waals surface area contributed by atoms with Crippen LogP contribution in [0.25, 0.3) is 0 Å². The van der Waals surface area contributed by atoms with Crippen LogP contribution in [0.4, 0.5) is 0 Å². The zero-order valence-corrected chi connectivity index (χ0v) is 9.91. The van der Waals surface area contributed by atoms with Gasteiger partial charge in [-0.2, -0.15) is 5.26 Å². The molecule has 2 aliphatic rings. The van der Waals surface area contributed by atoms with Gasteiger partial charge in [0.15, 0.2) is 5.78 Å². The predicted octanol–water partition coefficient (Wildman–Crippen LogP) is 2.35. The molecule has 4 heteroatoms. The second-order valence-corrected chi connectivity index (χ2v) is 5.01. The highest BCUT2D eigenvalue weighted by molar-refractivity contribution is 7.12. The van der Waals surface area contributed by atoms with Gasteiger partial charge in [0.25, 0.3) is 0 Å². The Morgan fingerprint density at radius 2 is 2.47 bits per heavy atom. The van der Waals surface area contributed by atoms with Crippen LogP contribution in [0.3, 0.4) is 0 Å². The number of ketones is 1. The molecule has 0 fully saturated rings. The number of carbonyl (C=O) groups is 1. The summed E-state index contributed by atoms with van der Waals surface area (Å²) in [5.41, 5.74) is 1.73. The van der Waals surface area contributed by atoms with Gasteiger partial charge in [-0.25, -0.2) is 0 Å². The molecule has 3 nitrogen and oxygen atoms in total. The normalized spacial score (nSPS) is 21.8. The lowest BCUT2D eigenvalue weighted by Crippen LogP contribution is -2.33. The minimum absolute atomic E-state index is 0.130. The molecule has 1 aromatic rings. The van der Waals surface area contributed by atoms with E-state index in [9.17, 15) is 4.79 Å². The lowest BCUT2D eigenvalue weighted by atomic mass is 10.1. The fourth-order valence-corrected chi connectivity index (χ4v) is 3.03. The van der Waals surface area contributed by atoms with Gasteiger partial charge in [0.05, 0.1) is 22.2 Å². The third kappa shape index (κ3) is 1.51. The Hall–Kier alpha value is -1.86. The van der Waals surface area contributed by atoms with E-state index in [0.29, 0.717) is 0 Å². The summed E-state index contributed by atoms with van der Waals surface area (Å²) in [4.78, 5) is 15.1. The molecule has 0 bridgehead atoms. The molecule has 3 rings (SSSR count). The Kier molecular flexibility index (Phi) is 2.34. The monoisotopic (exact) mass is 242 g/mol. The molecule has 0 spiro atoms. The maximum atomic E-state index is 12.3. The van der Waals surface area contributed by atoms with Crippen molar-refractivity contribution in [3.05, 3.63) is 45.8 Å². The number of Topliss-reactive ketones (excluding diaryl/α,β-unsaturated/α-hetero) is 1. The van der Waals surface area contributed by atoms with E-state index in [1.807, 2.05) is 34.6 Å². The van der Waals surface area contributed by atoms with Gasteiger partial charge < -0.3 is 4.90 Å². The fraction of sp³-hybridized carbons (Fsp3) is 0.231. The molecule has 0 radical (unpaired) electrons. The fourth-order valence-electron chi connectivity index (χ4n) is 2.33. The summed E-state index contributed by atoms with van der Waals surface area (Å²) >= 11 is 1.47. The van der Waals surface area contributed by atoms with Crippen molar-refractivity contribution in [2.45, 2.75) is 12.5 Å². The molecule has 1 aromatic heterocycles. The predicted molar refractivity (Wildman–Crippen MR) is 65.5 cm³/mol. The smallest absolute Gasteiger partial charge is 0.199 e. The van der Waals surface area contributed by atoms with E-state index in [0.717, 1.165) is 29.1 Å². The van der Waals surface area contributed by atoms with Crippen molar-refractivity contribution in [1.82, 2.24) is 4.90 Å². The average molecular weight is 242 g/mol. The van der Waals surface area contributed by atoms with Crippen molar-refractivity contribution in [3.8, 4) is 6.07 Å². The van der Waals surface area contributed by atoms with Crippen molar-refractivity contribution in [2.24, 2.45) is 0 Å². The van der Waals surface area contributed by atoms with Crippen molar-refractivity contribution >= 4 is 17.1 Å². The summed E-state index contributed by atoms with van der Waals surface area (Å²) in [5.74, 6) is 0.130. The third-order valence-corrected chi connectivity index (χ3v) is 4.05. The highest BCUT2D eigenvalue weighted by Crippen LogP contribution is 2.32. The molecule has 0 N–H and O–H groups in total. The van der Waals surface area contributed by atoms with Crippen LogP contribution in [-0.4, -0.2) is 23.3 Å². The number of hydrogen-bond acceptors (Lipinski definition) is 4. The molecule has 1 atom stereocenters. The topological polar surface area (TPSA) is 44.1 Å². The average Bonchev–Trinajstić information content (AvgIpc) is 3.05. The number of fused-ring (bicyclic) bond motifs is 1. The standard InChI is InChI=1S/C13H10N2OS/c14-8-9-5-6-15-10(9)3-4-11(15)13(16)12-2-1-7-17-12/h1-4,7,11H,5-6H2.